The zero-order valence-electron chi connectivity index (χ0n) is 13.4. The zero-order chi connectivity index (χ0) is 16.5. The number of aromatic nitrogens is 4. The Kier molecular flexibility index (Phi) is 3.64. The average Bonchev–Trinajstić information content (AvgIpc) is 3.30. The van der Waals surface area contributed by atoms with Crippen molar-refractivity contribution in [3.05, 3.63) is 36.9 Å². The lowest BCUT2D eigenvalue weighted by Gasteiger charge is -2.35. The summed E-state index contributed by atoms with van der Waals surface area (Å²) in [6.45, 7) is 4.50. The molecule has 0 radical (unpaired) electrons. The Morgan fingerprint density at radius 2 is 2.00 bits per heavy atom. The van der Waals surface area contributed by atoms with Crippen LogP contribution in [-0.4, -0.2) is 56.7 Å². The number of amides is 1. The molecule has 1 atom stereocenters. The van der Waals surface area contributed by atoms with Crippen LogP contribution in [0.5, 0.6) is 0 Å². The van der Waals surface area contributed by atoms with Crippen LogP contribution >= 0.6 is 0 Å². The Balaban J connectivity index is 1.42. The Morgan fingerprint density at radius 3 is 2.71 bits per heavy atom. The fourth-order valence-electron chi connectivity index (χ4n) is 2.91. The minimum Gasteiger partial charge on any atom is -0.423 e. The minimum atomic E-state index is -0.344. The lowest BCUT2D eigenvalue weighted by atomic mass is 10.2. The first kappa shape index (κ1) is 14.7. The van der Waals surface area contributed by atoms with E-state index < -0.39 is 0 Å². The SMILES string of the molecule is C[C@H](C(=O)N1CCN(c2nc3ccccc3o2)CC1)n1cncn1. The maximum absolute atomic E-state index is 12.6. The first-order chi connectivity index (χ1) is 11.7. The predicted octanol–water partition coefficient (Wildman–Crippen LogP) is 1.33. The van der Waals surface area contributed by atoms with Crippen LogP contribution in [0.15, 0.2) is 41.3 Å². The Bertz CT molecular complexity index is 802. The topological polar surface area (TPSA) is 80.3 Å². The number of hydrogen-bond donors (Lipinski definition) is 0. The third-order valence-electron chi connectivity index (χ3n) is 4.34. The van der Waals surface area contributed by atoms with Crippen LogP contribution < -0.4 is 4.90 Å². The fraction of sp³-hybridized carbons (Fsp3) is 0.375. The minimum absolute atomic E-state index is 0.0534. The van der Waals surface area contributed by atoms with Crippen LogP contribution in [0.2, 0.25) is 0 Å². The molecular formula is C16H18N6O2. The van der Waals surface area contributed by atoms with E-state index in [-0.39, 0.29) is 11.9 Å². The third-order valence-corrected chi connectivity index (χ3v) is 4.34. The molecule has 1 aliphatic heterocycles. The molecule has 4 rings (SSSR count). The molecule has 1 aliphatic rings. The molecule has 3 heterocycles. The maximum Gasteiger partial charge on any atom is 0.298 e. The molecule has 1 fully saturated rings. The fourth-order valence-corrected chi connectivity index (χ4v) is 2.91. The Labute approximate surface area is 138 Å². The van der Waals surface area contributed by atoms with Crippen LogP contribution in [0.4, 0.5) is 6.01 Å². The summed E-state index contributed by atoms with van der Waals surface area (Å²) in [5.41, 5.74) is 1.64. The van der Waals surface area contributed by atoms with Gasteiger partial charge in [-0.15, -0.1) is 0 Å². The number of fused-ring (bicyclic) bond motifs is 1. The highest BCUT2D eigenvalue weighted by molar-refractivity contribution is 5.80. The van der Waals surface area contributed by atoms with Crippen molar-refractivity contribution in [2.45, 2.75) is 13.0 Å². The first-order valence-electron chi connectivity index (χ1n) is 7.96. The quantitative estimate of drug-likeness (QED) is 0.722. The van der Waals surface area contributed by atoms with Crippen LogP contribution in [0.1, 0.15) is 13.0 Å². The number of anilines is 1. The van der Waals surface area contributed by atoms with E-state index in [1.165, 1.54) is 6.33 Å². The molecule has 0 bridgehead atoms. The Morgan fingerprint density at radius 1 is 1.21 bits per heavy atom. The zero-order valence-corrected chi connectivity index (χ0v) is 13.4. The summed E-state index contributed by atoms with van der Waals surface area (Å²) >= 11 is 0. The maximum atomic E-state index is 12.6. The lowest BCUT2D eigenvalue weighted by Crippen LogP contribution is -2.50. The van der Waals surface area contributed by atoms with E-state index in [2.05, 4.69) is 20.0 Å². The number of carbonyl (C=O) groups is 1. The molecule has 1 amide bonds. The molecule has 8 heteroatoms. The van der Waals surface area contributed by atoms with Crippen molar-refractivity contribution in [2.75, 3.05) is 31.1 Å². The number of para-hydroxylation sites is 2. The van der Waals surface area contributed by atoms with Crippen LogP contribution in [-0.2, 0) is 4.79 Å². The van der Waals surface area contributed by atoms with Crippen molar-refractivity contribution in [3.63, 3.8) is 0 Å². The van der Waals surface area contributed by atoms with Crippen molar-refractivity contribution < 1.29 is 9.21 Å². The summed E-state index contributed by atoms with van der Waals surface area (Å²) in [4.78, 5) is 24.9. The second-order valence-corrected chi connectivity index (χ2v) is 5.83. The van der Waals surface area contributed by atoms with Gasteiger partial charge in [0.25, 0.3) is 6.01 Å². The number of benzene rings is 1. The Hall–Kier alpha value is -2.90. The van der Waals surface area contributed by atoms with Gasteiger partial charge in [0.05, 0.1) is 0 Å². The standard InChI is InChI=1S/C16H18N6O2/c1-12(22-11-17-10-18-22)15(23)20-6-8-21(9-7-20)16-19-13-4-2-3-5-14(13)24-16/h2-5,10-12H,6-9H2,1H3/t12-/m1/s1. The predicted molar refractivity (Wildman–Crippen MR) is 87.5 cm³/mol. The summed E-state index contributed by atoms with van der Waals surface area (Å²) in [5, 5.41) is 4.04. The molecule has 0 unspecified atom stereocenters. The first-order valence-corrected chi connectivity index (χ1v) is 7.96. The molecule has 0 saturated carbocycles. The largest absolute Gasteiger partial charge is 0.423 e. The van der Waals surface area contributed by atoms with E-state index in [0.29, 0.717) is 32.2 Å². The molecule has 0 spiro atoms. The molecule has 1 aromatic carbocycles. The average molecular weight is 326 g/mol. The van der Waals surface area contributed by atoms with Crippen molar-refractivity contribution in [2.24, 2.45) is 0 Å². The van der Waals surface area contributed by atoms with E-state index in [9.17, 15) is 4.79 Å². The second kappa shape index (κ2) is 5.95. The second-order valence-electron chi connectivity index (χ2n) is 5.83. The molecule has 1 saturated heterocycles. The number of nitrogens with zero attached hydrogens (tertiary/aromatic N) is 6. The highest BCUT2D eigenvalue weighted by atomic mass is 16.4. The molecule has 24 heavy (non-hydrogen) atoms. The van der Waals surface area contributed by atoms with Gasteiger partial charge in [-0.05, 0) is 19.1 Å². The molecule has 3 aromatic rings. The van der Waals surface area contributed by atoms with E-state index >= 15 is 0 Å². The molecule has 8 nitrogen and oxygen atoms in total. The van der Waals surface area contributed by atoms with Crippen LogP contribution in [0.25, 0.3) is 11.1 Å². The van der Waals surface area contributed by atoms with E-state index in [1.807, 2.05) is 36.1 Å². The number of rotatable bonds is 3. The number of piperazine rings is 1. The van der Waals surface area contributed by atoms with Gasteiger partial charge in [0.2, 0.25) is 5.91 Å². The monoisotopic (exact) mass is 326 g/mol. The molecule has 0 aliphatic carbocycles. The van der Waals surface area contributed by atoms with Crippen molar-refractivity contribution in [1.82, 2.24) is 24.6 Å². The highest BCUT2D eigenvalue weighted by Gasteiger charge is 2.27. The highest BCUT2D eigenvalue weighted by Crippen LogP contribution is 2.23. The smallest absolute Gasteiger partial charge is 0.298 e. The molecule has 2 aromatic heterocycles. The third kappa shape index (κ3) is 2.60. The van der Waals surface area contributed by atoms with Crippen molar-refractivity contribution in [1.29, 1.82) is 0 Å². The summed E-state index contributed by atoms with van der Waals surface area (Å²) in [7, 11) is 0. The normalized spacial score (nSPS) is 16.5. The summed E-state index contributed by atoms with van der Waals surface area (Å²) < 4.78 is 7.38. The van der Waals surface area contributed by atoms with Gasteiger partial charge < -0.3 is 14.2 Å². The molecular weight excluding hydrogens is 308 g/mol. The van der Waals surface area contributed by atoms with Crippen molar-refractivity contribution in [3.8, 4) is 0 Å². The lowest BCUT2D eigenvalue weighted by molar-refractivity contribution is -0.134. The number of carbonyl (C=O) groups excluding carboxylic acids is 1. The van der Waals surface area contributed by atoms with E-state index in [4.69, 9.17) is 4.42 Å². The van der Waals surface area contributed by atoms with Gasteiger partial charge in [0, 0.05) is 26.2 Å². The van der Waals surface area contributed by atoms with Gasteiger partial charge in [0.15, 0.2) is 5.58 Å². The summed E-state index contributed by atoms with van der Waals surface area (Å²) in [5.74, 6) is 0.0534. The van der Waals surface area contributed by atoms with Gasteiger partial charge >= 0.3 is 0 Å². The van der Waals surface area contributed by atoms with Gasteiger partial charge in [-0.25, -0.2) is 9.67 Å². The molecule has 0 N–H and O–H groups in total. The van der Waals surface area contributed by atoms with Crippen molar-refractivity contribution >= 4 is 23.0 Å². The van der Waals surface area contributed by atoms with E-state index in [0.717, 1.165) is 11.1 Å². The van der Waals surface area contributed by atoms with Gasteiger partial charge in [-0.1, -0.05) is 12.1 Å². The van der Waals surface area contributed by atoms with Gasteiger partial charge in [0.1, 0.15) is 24.2 Å². The van der Waals surface area contributed by atoms with E-state index in [1.54, 1.807) is 11.0 Å². The molecule has 124 valence electrons. The summed E-state index contributed by atoms with van der Waals surface area (Å²) in [6, 6.07) is 7.99. The van der Waals surface area contributed by atoms with Crippen LogP contribution in [0.3, 0.4) is 0 Å². The van der Waals surface area contributed by atoms with Crippen LogP contribution in [0, 0.1) is 0 Å². The number of hydrogen-bond acceptors (Lipinski definition) is 6. The summed E-state index contributed by atoms with van der Waals surface area (Å²) in [6.07, 6.45) is 3.01. The van der Waals surface area contributed by atoms with Gasteiger partial charge in [-0.2, -0.15) is 10.1 Å². The number of oxazole rings is 1. The van der Waals surface area contributed by atoms with Gasteiger partial charge in [-0.3, -0.25) is 4.79 Å².